The average Bonchev–Trinajstić information content (AvgIpc) is 3.12. The van der Waals surface area contributed by atoms with Gasteiger partial charge in [0.1, 0.15) is 5.84 Å². The van der Waals surface area contributed by atoms with Crippen LogP contribution >= 0.6 is 39.5 Å². The van der Waals surface area contributed by atoms with Crippen LogP contribution in [0.3, 0.4) is 0 Å². The van der Waals surface area contributed by atoms with Crippen LogP contribution < -0.4 is 10.6 Å². The zero-order chi connectivity index (χ0) is 17.1. The van der Waals surface area contributed by atoms with E-state index >= 15 is 0 Å². The van der Waals surface area contributed by atoms with Gasteiger partial charge in [-0.15, -0.1) is 10.2 Å². The highest BCUT2D eigenvalue weighted by molar-refractivity contribution is 9.10. The summed E-state index contributed by atoms with van der Waals surface area (Å²) in [7, 11) is 0. The molecule has 124 valence electrons. The van der Waals surface area contributed by atoms with Crippen LogP contribution in [0.5, 0.6) is 0 Å². The van der Waals surface area contributed by atoms with Gasteiger partial charge in [-0.3, -0.25) is 14.4 Å². The van der Waals surface area contributed by atoms with Gasteiger partial charge in [-0.2, -0.15) is 0 Å². The van der Waals surface area contributed by atoms with E-state index in [9.17, 15) is 14.4 Å². The summed E-state index contributed by atoms with van der Waals surface area (Å²) < 4.78 is 0.887. The van der Waals surface area contributed by atoms with Crippen LogP contribution in [0.4, 0.5) is 4.79 Å². The molecule has 2 saturated heterocycles. The summed E-state index contributed by atoms with van der Waals surface area (Å²) in [6, 6.07) is 6.99. The summed E-state index contributed by atoms with van der Waals surface area (Å²) in [6.07, 6.45) is 0.0836. The van der Waals surface area contributed by atoms with Crippen LogP contribution in [-0.2, 0) is 4.79 Å². The van der Waals surface area contributed by atoms with Crippen LogP contribution in [0, 0.1) is 0 Å². The number of amidine groups is 2. The Morgan fingerprint density at radius 2 is 1.96 bits per heavy atom. The van der Waals surface area contributed by atoms with Crippen molar-refractivity contribution in [3.8, 4) is 0 Å². The van der Waals surface area contributed by atoms with Crippen LogP contribution in [0.1, 0.15) is 16.8 Å². The van der Waals surface area contributed by atoms with E-state index in [1.54, 1.807) is 24.3 Å². The van der Waals surface area contributed by atoms with Crippen LogP contribution in [0.15, 0.2) is 38.9 Å². The minimum atomic E-state index is -0.535. The Labute approximate surface area is 154 Å². The summed E-state index contributed by atoms with van der Waals surface area (Å²) in [6.45, 7) is 0. The summed E-state index contributed by atoms with van der Waals surface area (Å²) in [4.78, 5) is 35.2. The molecule has 3 rings (SSSR count). The predicted molar refractivity (Wildman–Crippen MR) is 98.5 cm³/mol. The van der Waals surface area contributed by atoms with Gasteiger partial charge in [0.15, 0.2) is 11.0 Å². The monoisotopic (exact) mass is 426 g/mol. The van der Waals surface area contributed by atoms with Crippen molar-refractivity contribution in [1.82, 2.24) is 10.6 Å². The number of amides is 2. The van der Waals surface area contributed by atoms with Gasteiger partial charge in [-0.05, 0) is 12.1 Å². The first-order valence-corrected chi connectivity index (χ1v) is 9.51. The third kappa shape index (κ3) is 4.25. The van der Waals surface area contributed by atoms with Crippen molar-refractivity contribution in [3.63, 3.8) is 0 Å². The van der Waals surface area contributed by atoms with Gasteiger partial charge in [0, 0.05) is 16.5 Å². The van der Waals surface area contributed by atoms with Crippen molar-refractivity contribution in [2.75, 3.05) is 5.75 Å². The number of hydrogen-bond donors (Lipinski definition) is 2. The zero-order valence-corrected chi connectivity index (χ0v) is 15.3. The maximum absolute atomic E-state index is 12.2. The first kappa shape index (κ1) is 17.2. The molecule has 2 aliphatic heterocycles. The quantitative estimate of drug-likeness (QED) is 0.568. The number of benzene rings is 1. The average molecular weight is 427 g/mol. The number of carbonyl (C=O) groups is 3. The van der Waals surface area contributed by atoms with E-state index in [1.165, 1.54) is 0 Å². The molecule has 0 spiro atoms. The zero-order valence-electron chi connectivity index (χ0n) is 12.1. The highest BCUT2D eigenvalue weighted by atomic mass is 79.9. The molecule has 10 heteroatoms. The summed E-state index contributed by atoms with van der Waals surface area (Å²) in [5.41, 5.74) is 0.558. The molecule has 2 heterocycles. The van der Waals surface area contributed by atoms with Gasteiger partial charge in [0.25, 0.3) is 5.24 Å². The van der Waals surface area contributed by atoms with Crippen LogP contribution in [0.25, 0.3) is 0 Å². The van der Waals surface area contributed by atoms with E-state index in [1.807, 2.05) is 0 Å². The molecule has 1 atom stereocenters. The van der Waals surface area contributed by atoms with E-state index in [-0.39, 0.29) is 23.4 Å². The third-order valence-electron chi connectivity index (χ3n) is 3.16. The lowest BCUT2D eigenvalue weighted by atomic mass is 10.1. The molecule has 0 saturated carbocycles. The molecule has 0 radical (unpaired) electrons. The van der Waals surface area contributed by atoms with Crippen LogP contribution in [-0.4, -0.2) is 38.9 Å². The SMILES string of the molecule is O=C1N/C(=N/N=C2\NC(=O)C(CC(=O)c3ccc(Br)cc3)S2)CS1. The first-order valence-electron chi connectivity index (χ1n) is 6.86. The molecule has 0 aromatic heterocycles. The number of thioether (sulfide) groups is 2. The molecular weight excluding hydrogens is 416 g/mol. The Morgan fingerprint density at radius 3 is 2.62 bits per heavy atom. The molecule has 2 aliphatic rings. The van der Waals surface area contributed by atoms with E-state index in [0.29, 0.717) is 22.3 Å². The number of hydrogen-bond acceptors (Lipinski definition) is 7. The molecule has 1 aromatic carbocycles. The second-order valence-corrected chi connectivity index (χ2v) is 7.94. The van der Waals surface area contributed by atoms with Crippen molar-refractivity contribution < 1.29 is 14.4 Å². The van der Waals surface area contributed by atoms with Gasteiger partial charge >= 0.3 is 0 Å². The summed E-state index contributed by atoms with van der Waals surface area (Å²) >= 11 is 5.58. The maximum atomic E-state index is 12.2. The molecule has 2 amide bonds. The number of Topliss-reactive ketones (excluding diaryl/α,β-unsaturated/α-hetero) is 1. The Hall–Kier alpha value is -1.65. The predicted octanol–water partition coefficient (Wildman–Crippen LogP) is 2.38. The minimum absolute atomic E-state index is 0.0836. The number of carbonyl (C=O) groups excluding carboxylic acids is 3. The summed E-state index contributed by atoms with van der Waals surface area (Å²) in [5.74, 6) is 0.498. The van der Waals surface area contributed by atoms with E-state index in [2.05, 4.69) is 36.8 Å². The first-order chi connectivity index (χ1) is 11.5. The van der Waals surface area contributed by atoms with Crippen molar-refractivity contribution in [2.24, 2.45) is 10.2 Å². The normalized spacial score (nSPS) is 23.6. The summed E-state index contributed by atoms with van der Waals surface area (Å²) in [5, 5.41) is 12.6. The smallest absolute Gasteiger partial charge is 0.284 e. The van der Waals surface area contributed by atoms with Crippen molar-refractivity contribution in [3.05, 3.63) is 34.3 Å². The lowest BCUT2D eigenvalue weighted by Gasteiger charge is -2.04. The topological polar surface area (TPSA) is 100.0 Å². The standard InChI is InChI=1S/C14H11BrN4O3S2/c15-8-3-1-7(2-4-8)9(20)5-10-12(21)17-13(24-10)19-18-11-6-23-14(22)16-11/h1-4,10H,5-6H2,(H,16,18,22)(H,17,19,21). The molecule has 0 aliphatic carbocycles. The third-order valence-corrected chi connectivity index (χ3v) is 5.54. The fourth-order valence-corrected chi connectivity index (χ4v) is 3.76. The molecule has 0 bridgehead atoms. The Morgan fingerprint density at radius 1 is 1.21 bits per heavy atom. The fraction of sp³-hybridized carbons (Fsp3) is 0.214. The molecule has 24 heavy (non-hydrogen) atoms. The highest BCUT2D eigenvalue weighted by Crippen LogP contribution is 2.24. The van der Waals surface area contributed by atoms with Crippen LogP contribution in [0.2, 0.25) is 0 Å². The Kier molecular flexibility index (Phi) is 5.36. The van der Waals surface area contributed by atoms with Crippen molar-refractivity contribution >= 4 is 67.4 Å². The minimum Gasteiger partial charge on any atom is -0.303 e. The molecule has 1 unspecified atom stereocenters. The van der Waals surface area contributed by atoms with Gasteiger partial charge in [-0.1, -0.05) is 51.6 Å². The Balaban J connectivity index is 1.61. The van der Waals surface area contributed by atoms with Gasteiger partial charge in [-0.25, -0.2) is 0 Å². The molecular formula is C14H11BrN4O3S2. The molecule has 7 nitrogen and oxygen atoms in total. The number of nitrogens with zero attached hydrogens (tertiary/aromatic N) is 2. The lowest BCUT2D eigenvalue weighted by molar-refractivity contribution is -0.118. The number of nitrogens with one attached hydrogen (secondary N) is 2. The fourth-order valence-electron chi connectivity index (χ4n) is 1.99. The van der Waals surface area contributed by atoms with Crippen molar-refractivity contribution in [1.29, 1.82) is 0 Å². The molecule has 2 fully saturated rings. The van der Waals surface area contributed by atoms with E-state index in [4.69, 9.17) is 0 Å². The van der Waals surface area contributed by atoms with E-state index in [0.717, 1.165) is 28.0 Å². The van der Waals surface area contributed by atoms with Gasteiger partial charge in [0.05, 0.1) is 11.0 Å². The highest BCUT2D eigenvalue weighted by Gasteiger charge is 2.32. The van der Waals surface area contributed by atoms with Crippen molar-refractivity contribution in [2.45, 2.75) is 11.7 Å². The van der Waals surface area contributed by atoms with Gasteiger partial charge in [0.2, 0.25) is 5.91 Å². The number of ketones is 1. The maximum Gasteiger partial charge on any atom is 0.284 e. The van der Waals surface area contributed by atoms with Gasteiger partial charge < -0.3 is 10.6 Å². The number of rotatable bonds is 4. The largest absolute Gasteiger partial charge is 0.303 e. The molecule has 2 N–H and O–H groups in total. The Bertz CT molecular complexity index is 764. The second kappa shape index (κ2) is 7.49. The number of halogens is 1. The molecule has 1 aromatic rings. The second-order valence-electron chi connectivity index (χ2n) is 4.88. The lowest BCUT2D eigenvalue weighted by Crippen LogP contribution is -2.26. The van der Waals surface area contributed by atoms with E-state index < -0.39 is 5.25 Å².